The first-order chi connectivity index (χ1) is 13.3. The molecule has 0 saturated heterocycles. The third-order valence-electron chi connectivity index (χ3n) is 8.40. The molecule has 3 aliphatic carbocycles. The molecule has 0 bridgehead atoms. The standard InChI is InChI=1S/C27H44O/c1-19(2)9-6-10-20(3)24-16-17-25-23(12-8-18-27(24,25)5)15-14-22-11-7-13-26(28)21(22)4/h14-15,19-20,24-26,28H,4,6-13,16-18H2,1-3,5H3/t20-,24-,25+,26?,27-/m1/s1. The van der Waals surface area contributed by atoms with E-state index in [0.29, 0.717) is 5.41 Å². The van der Waals surface area contributed by atoms with Crippen LogP contribution in [0.1, 0.15) is 98.3 Å². The molecule has 0 amide bonds. The van der Waals surface area contributed by atoms with E-state index in [9.17, 15) is 5.11 Å². The molecule has 0 radical (unpaired) electrons. The molecule has 0 heterocycles. The van der Waals surface area contributed by atoms with E-state index < -0.39 is 0 Å². The van der Waals surface area contributed by atoms with Gasteiger partial charge < -0.3 is 5.11 Å². The van der Waals surface area contributed by atoms with Crippen LogP contribution in [0.4, 0.5) is 0 Å². The minimum atomic E-state index is -0.322. The number of hydrogen-bond acceptors (Lipinski definition) is 1. The Morgan fingerprint density at radius 1 is 1.07 bits per heavy atom. The van der Waals surface area contributed by atoms with Gasteiger partial charge in [0.1, 0.15) is 0 Å². The molecule has 3 aliphatic rings. The number of allylic oxidation sites excluding steroid dienone is 3. The number of fused-ring (bicyclic) bond motifs is 1. The smallest absolute Gasteiger partial charge is 0.0787 e. The predicted octanol–water partition coefficient (Wildman–Crippen LogP) is 7.62. The maximum atomic E-state index is 10.1. The van der Waals surface area contributed by atoms with Crippen molar-refractivity contribution in [1.29, 1.82) is 0 Å². The van der Waals surface area contributed by atoms with Crippen molar-refractivity contribution in [3.63, 3.8) is 0 Å². The van der Waals surface area contributed by atoms with Crippen LogP contribution in [-0.4, -0.2) is 11.2 Å². The minimum Gasteiger partial charge on any atom is -0.388 e. The van der Waals surface area contributed by atoms with E-state index in [0.717, 1.165) is 48.5 Å². The van der Waals surface area contributed by atoms with Crippen LogP contribution in [0.15, 0.2) is 35.5 Å². The van der Waals surface area contributed by atoms with Gasteiger partial charge >= 0.3 is 0 Å². The summed E-state index contributed by atoms with van der Waals surface area (Å²) in [7, 11) is 0. The Labute approximate surface area is 174 Å². The average Bonchev–Trinajstić information content (AvgIpc) is 3.00. The highest BCUT2D eigenvalue weighted by Gasteiger charge is 2.50. The Kier molecular flexibility index (Phi) is 7.29. The van der Waals surface area contributed by atoms with E-state index >= 15 is 0 Å². The van der Waals surface area contributed by atoms with Crippen LogP contribution in [0.25, 0.3) is 0 Å². The zero-order valence-electron chi connectivity index (χ0n) is 19.0. The van der Waals surface area contributed by atoms with Crippen LogP contribution in [0.2, 0.25) is 0 Å². The number of aliphatic hydroxyl groups is 1. The van der Waals surface area contributed by atoms with Crippen molar-refractivity contribution in [1.82, 2.24) is 0 Å². The van der Waals surface area contributed by atoms with Crippen molar-refractivity contribution in [2.24, 2.45) is 29.1 Å². The molecule has 5 atom stereocenters. The second-order valence-corrected chi connectivity index (χ2v) is 10.8. The first-order valence-electron chi connectivity index (χ1n) is 12.1. The van der Waals surface area contributed by atoms with E-state index in [1.54, 1.807) is 5.57 Å². The molecule has 3 saturated carbocycles. The van der Waals surface area contributed by atoms with Crippen LogP contribution in [0.3, 0.4) is 0 Å². The lowest BCUT2D eigenvalue weighted by Gasteiger charge is -2.44. The van der Waals surface area contributed by atoms with Crippen LogP contribution in [-0.2, 0) is 0 Å². The van der Waals surface area contributed by atoms with Crippen LogP contribution in [0, 0.1) is 29.1 Å². The Morgan fingerprint density at radius 3 is 2.61 bits per heavy atom. The van der Waals surface area contributed by atoms with Gasteiger partial charge in [0.2, 0.25) is 0 Å². The number of rotatable bonds is 6. The summed E-state index contributed by atoms with van der Waals surface area (Å²) >= 11 is 0. The minimum absolute atomic E-state index is 0.322. The molecule has 0 aliphatic heterocycles. The van der Waals surface area contributed by atoms with Gasteiger partial charge in [-0.05, 0) is 91.6 Å². The molecular weight excluding hydrogens is 340 g/mol. The van der Waals surface area contributed by atoms with Gasteiger partial charge in [-0.3, -0.25) is 0 Å². The molecule has 3 fully saturated rings. The van der Waals surface area contributed by atoms with Crippen LogP contribution in [0.5, 0.6) is 0 Å². The maximum absolute atomic E-state index is 10.1. The quantitative estimate of drug-likeness (QED) is 0.499. The second-order valence-electron chi connectivity index (χ2n) is 10.8. The Balaban J connectivity index is 1.70. The lowest BCUT2D eigenvalue weighted by atomic mass is 9.60. The molecule has 158 valence electrons. The van der Waals surface area contributed by atoms with E-state index in [4.69, 9.17) is 0 Å². The van der Waals surface area contributed by atoms with Crippen molar-refractivity contribution in [3.05, 3.63) is 35.5 Å². The highest BCUT2D eigenvalue weighted by atomic mass is 16.3. The van der Waals surface area contributed by atoms with Crippen molar-refractivity contribution >= 4 is 0 Å². The monoisotopic (exact) mass is 384 g/mol. The normalized spacial score (nSPS) is 37.6. The van der Waals surface area contributed by atoms with Crippen molar-refractivity contribution in [3.8, 4) is 0 Å². The third kappa shape index (κ3) is 4.66. The molecule has 3 rings (SSSR count). The van der Waals surface area contributed by atoms with Gasteiger partial charge in [-0.25, -0.2) is 0 Å². The van der Waals surface area contributed by atoms with Gasteiger partial charge in [0.25, 0.3) is 0 Å². The number of aliphatic hydroxyl groups excluding tert-OH is 1. The predicted molar refractivity (Wildman–Crippen MR) is 121 cm³/mol. The zero-order chi connectivity index (χ0) is 20.3. The lowest BCUT2D eigenvalue weighted by molar-refractivity contribution is 0.0929. The largest absolute Gasteiger partial charge is 0.388 e. The van der Waals surface area contributed by atoms with Crippen molar-refractivity contribution < 1.29 is 5.11 Å². The average molecular weight is 385 g/mol. The molecule has 1 nitrogen and oxygen atoms in total. The maximum Gasteiger partial charge on any atom is 0.0787 e. The van der Waals surface area contributed by atoms with Gasteiger partial charge in [-0.1, -0.05) is 71.3 Å². The highest BCUT2D eigenvalue weighted by molar-refractivity contribution is 5.37. The molecule has 1 heteroatoms. The Bertz CT molecular complexity index is 610. The van der Waals surface area contributed by atoms with Gasteiger partial charge in [0, 0.05) is 0 Å². The second kappa shape index (κ2) is 9.33. The van der Waals surface area contributed by atoms with E-state index in [1.165, 1.54) is 56.9 Å². The highest BCUT2D eigenvalue weighted by Crippen LogP contribution is 2.59. The van der Waals surface area contributed by atoms with Gasteiger partial charge in [-0.2, -0.15) is 0 Å². The van der Waals surface area contributed by atoms with E-state index in [-0.39, 0.29) is 6.10 Å². The molecule has 0 aromatic carbocycles. The Hall–Kier alpha value is -0.820. The summed E-state index contributed by atoms with van der Waals surface area (Å²) in [6, 6.07) is 0. The van der Waals surface area contributed by atoms with Crippen molar-refractivity contribution in [2.75, 3.05) is 0 Å². The van der Waals surface area contributed by atoms with Gasteiger partial charge in [-0.15, -0.1) is 0 Å². The molecule has 0 aromatic heterocycles. The van der Waals surface area contributed by atoms with Gasteiger partial charge in [0.05, 0.1) is 6.10 Å². The fourth-order valence-electron chi connectivity index (χ4n) is 6.70. The van der Waals surface area contributed by atoms with Crippen LogP contribution >= 0.6 is 0 Å². The lowest BCUT2D eigenvalue weighted by Crippen LogP contribution is -2.36. The fourth-order valence-corrected chi connectivity index (χ4v) is 6.70. The summed E-state index contributed by atoms with van der Waals surface area (Å²) in [6.45, 7) is 14.0. The summed E-state index contributed by atoms with van der Waals surface area (Å²) in [5.41, 5.74) is 4.44. The molecule has 0 aromatic rings. The summed E-state index contributed by atoms with van der Waals surface area (Å²) in [5, 5.41) is 10.1. The summed E-state index contributed by atoms with van der Waals surface area (Å²) in [5.74, 6) is 3.37. The first kappa shape index (κ1) is 21.9. The molecule has 0 spiro atoms. The fraction of sp³-hybridized carbons (Fsp3) is 0.778. The van der Waals surface area contributed by atoms with E-state index in [2.05, 4.69) is 46.4 Å². The van der Waals surface area contributed by atoms with Crippen LogP contribution < -0.4 is 0 Å². The molecular formula is C27H44O. The molecule has 28 heavy (non-hydrogen) atoms. The first-order valence-corrected chi connectivity index (χ1v) is 12.1. The zero-order valence-corrected chi connectivity index (χ0v) is 19.0. The molecule has 1 unspecified atom stereocenters. The summed E-state index contributed by atoms with van der Waals surface area (Å²) in [6.07, 6.45) is 18.5. The van der Waals surface area contributed by atoms with Crippen molar-refractivity contribution in [2.45, 2.75) is 104 Å². The third-order valence-corrected chi connectivity index (χ3v) is 8.40. The topological polar surface area (TPSA) is 20.2 Å². The number of hydrogen-bond donors (Lipinski definition) is 1. The summed E-state index contributed by atoms with van der Waals surface area (Å²) < 4.78 is 0. The SMILES string of the molecule is C=C1C(=CC=C2CCC[C@]3(C)[C@@H]([C@H](C)CCCC(C)C)CC[C@@H]23)CCCC1O. The summed E-state index contributed by atoms with van der Waals surface area (Å²) in [4.78, 5) is 0. The van der Waals surface area contributed by atoms with Gasteiger partial charge in [0.15, 0.2) is 0 Å². The Morgan fingerprint density at radius 2 is 1.86 bits per heavy atom. The van der Waals surface area contributed by atoms with E-state index in [1.807, 2.05) is 0 Å². The molecule has 1 N–H and O–H groups in total.